The number of rotatable bonds is 11. The molecule has 46 heavy (non-hydrogen) atoms. The number of hydrogen-bond donors (Lipinski definition) is 1. The average molecular weight is 654 g/mol. The summed E-state index contributed by atoms with van der Waals surface area (Å²) in [6, 6.07) is 14.4. The molecule has 2 atom stereocenters. The normalized spacial score (nSPS) is 12.7. The van der Waals surface area contributed by atoms with Gasteiger partial charge in [-0.2, -0.15) is 5.09 Å². The van der Waals surface area contributed by atoms with Crippen molar-refractivity contribution >= 4 is 42.6 Å². The molecule has 0 fully saturated rings. The minimum atomic E-state index is -4.44. The first kappa shape index (κ1) is 33.4. The van der Waals surface area contributed by atoms with Gasteiger partial charge in [0.25, 0.3) is 0 Å². The Hall–Kier alpha value is -5.46. The Morgan fingerprint density at radius 2 is 1.37 bits per heavy atom. The highest BCUT2D eigenvalue weighted by atomic mass is 31.2. The van der Waals surface area contributed by atoms with Crippen LogP contribution in [0.4, 0.5) is 0 Å². The predicted molar refractivity (Wildman–Crippen MR) is 162 cm³/mol. The first-order chi connectivity index (χ1) is 21.8. The molecule has 4 rings (SSSR count). The van der Waals surface area contributed by atoms with Gasteiger partial charge in [0.15, 0.2) is 16.9 Å². The number of nitrogens with one attached hydrogen (secondary N) is 1. The molecular formula is C31H28NO13P. The van der Waals surface area contributed by atoms with E-state index < -0.39 is 43.1 Å². The number of esters is 4. The topological polar surface area (TPSA) is 183 Å². The summed E-state index contributed by atoms with van der Waals surface area (Å²) >= 11 is 0. The molecule has 15 heteroatoms. The van der Waals surface area contributed by atoms with Crippen LogP contribution < -0.4 is 33.8 Å². The lowest BCUT2D eigenvalue weighted by atomic mass is 10.1. The molecule has 3 aromatic carbocycles. The van der Waals surface area contributed by atoms with Gasteiger partial charge in [-0.25, -0.2) is 4.57 Å². The van der Waals surface area contributed by atoms with Gasteiger partial charge in [0.2, 0.25) is 0 Å². The van der Waals surface area contributed by atoms with Crippen molar-refractivity contribution in [2.75, 3.05) is 7.11 Å². The Morgan fingerprint density at radius 3 is 2.00 bits per heavy atom. The number of carbonyl (C=O) groups is 4. The van der Waals surface area contributed by atoms with Crippen LogP contribution in [0.5, 0.6) is 28.7 Å². The molecule has 1 heterocycles. The van der Waals surface area contributed by atoms with E-state index in [4.69, 9.17) is 32.4 Å². The van der Waals surface area contributed by atoms with Gasteiger partial charge in [-0.05, 0) is 37.3 Å². The number of hydrogen-bond acceptors (Lipinski definition) is 13. The van der Waals surface area contributed by atoms with Gasteiger partial charge < -0.3 is 32.4 Å². The van der Waals surface area contributed by atoms with E-state index in [-0.39, 0.29) is 51.0 Å². The Balaban J connectivity index is 1.85. The molecule has 1 unspecified atom stereocenters. The molecule has 0 aliphatic carbocycles. The first-order valence-corrected chi connectivity index (χ1v) is 15.0. The Labute approximate surface area is 261 Å². The fraction of sp³-hybridized carbons (Fsp3) is 0.194. The number of para-hydroxylation sites is 1. The van der Waals surface area contributed by atoms with Crippen molar-refractivity contribution in [3.63, 3.8) is 0 Å². The van der Waals surface area contributed by atoms with Gasteiger partial charge in [0.1, 0.15) is 40.0 Å². The van der Waals surface area contributed by atoms with E-state index in [2.05, 4.69) is 5.09 Å². The van der Waals surface area contributed by atoms with Crippen molar-refractivity contribution in [3.8, 4) is 40.1 Å². The third-order valence-corrected chi connectivity index (χ3v) is 7.46. The summed E-state index contributed by atoms with van der Waals surface area (Å²) in [5, 5.41) is 2.34. The highest BCUT2D eigenvalue weighted by Gasteiger charge is 2.34. The second-order valence-electron chi connectivity index (χ2n) is 9.58. The zero-order valence-corrected chi connectivity index (χ0v) is 26.1. The number of benzene rings is 3. The zero-order chi connectivity index (χ0) is 33.6. The van der Waals surface area contributed by atoms with E-state index in [9.17, 15) is 28.5 Å². The van der Waals surface area contributed by atoms with E-state index in [1.807, 2.05) is 0 Å². The fourth-order valence-electron chi connectivity index (χ4n) is 4.09. The smallest absolute Gasteiger partial charge is 0.468 e. The lowest BCUT2D eigenvalue weighted by Gasteiger charge is -2.23. The van der Waals surface area contributed by atoms with Crippen LogP contribution in [0.2, 0.25) is 0 Å². The van der Waals surface area contributed by atoms with Gasteiger partial charge >= 0.3 is 31.6 Å². The van der Waals surface area contributed by atoms with Crippen molar-refractivity contribution in [1.82, 2.24) is 5.09 Å². The van der Waals surface area contributed by atoms with E-state index in [1.165, 1.54) is 50.2 Å². The summed E-state index contributed by atoms with van der Waals surface area (Å²) in [5.41, 5.74) is -0.571. The zero-order valence-electron chi connectivity index (χ0n) is 25.2. The monoisotopic (exact) mass is 653 g/mol. The molecule has 0 saturated heterocycles. The third kappa shape index (κ3) is 8.37. The molecule has 240 valence electrons. The first-order valence-electron chi connectivity index (χ1n) is 13.5. The molecule has 0 bridgehead atoms. The second-order valence-corrected chi connectivity index (χ2v) is 11.2. The molecule has 0 aliphatic rings. The molecule has 4 aromatic rings. The summed E-state index contributed by atoms with van der Waals surface area (Å²) in [5.74, 6) is -3.49. The maximum absolute atomic E-state index is 14.0. The van der Waals surface area contributed by atoms with Crippen LogP contribution in [0.1, 0.15) is 27.7 Å². The highest BCUT2D eigenvalue weighted by Crippen LogP contribution is 2.47. The van der Waals surface area contributed by atoms with Gasteiger partial charge in [0, 0.05) is 44.5 Å². The second kappa shape index (κ2) is 14.1. The molecular weight excluding hydrogens is 625 g/mol. The minimum absolute atomic E-state index is 0.0349. The SMILES string of the molecule is COC(=O)[C@H](C)NP(=O)(Oc1ccccc1)Oc1cc(OC(C)=O)c2c(=O)cc(-c3ccc(OC(C)=O)c(OC(C)=O)c3)oc2c1. The summed E-state index contributed by atoms with van der Waals surface area (Å²) in [6.07, 6.45) is 0. The van der Waals surface area contributed by atoms with Crippen LogP contribution in [0.15, 0.2) is 75.9 Å². The number of methoxy groups -OCH3 is 1. The summed E-state index contributed by atoms with van der Waals surface area (Å²) < 4.78 is 51.6. The molecule has 14 nitrogen and oxygen atoms in total. The average Bonchev–Trinajstić information content (AvgIpc) is 2.96. The summed E-state index contributed by atoms with van der Waals surface area (Å²) in [4.78, 5) is 60.7. The van der Waals surface area contributed by atoms with Gasteiger partial charge in [0.05, 0.1) is 7.11 Å². The number of carbonyl (C=O) groups excluding carboxylic acids is 4. The van der Waals surface area contributed by atoms with Crippen molar-refractivity contribution in [1.29, 1.82) is 0 Å². The van der Waals surface area contributed by atoms with Crippen LogP contribution in [0.3, 0.4) is 0 Å². The van der Waals surface area contributed by atoms with Gasteiger partial charge in [-0.15, -0.1) is 0 Å². The minimum Gasteiger partial charge on any atom is -0.468 e. The third-order valence-electron chi connectivity index (χ3n) is 5.86. The van der Waals surface area contributed by atoms with Crippen molar-refractivity contribution in [2.24, 2.45) is 0 Å². The Kier molecular flexibility index (Phi) is 10.2. The van der Waals surface area contributed by atoms with E-state index in [1.54, 1.807) is 18.2 Å². The van der Waals surface area contributed by atoms with Crippen molar-refractivity contribution in [3.05, 3.63) is 77.0 Å². The van der Waals surface area contributed by atoms with E-state index >= 15 is 0 Å². The maximum atomic E-state index is 14.0. The number of fused-ring (bicyclic) bond motifs is 1. The summed E-state index contributed by atoms with van der Waals surface area (Å²) in [6.45, 7) is 4.81. The van der Waals surface area contributed by atoms with Gasteiger partial charge in [-0.3, -0.25) is 24.0 Å². The lowest BCUT2D eigenvalue weighted by Crippen LogP contribution is -2.35. The molecule has 0 saturated carbocycles. The van der Waals surface area contributed by atoms with Crippen molar-refractivity contribution in [2.45, 2.75) is 33.7 Å². The predicted octanol–water partition coefficient (Wildman–Crippen LogP) is 4.95. The molecule has 0 radical (unpaired) electrons. The largest absolute Gasteiger partial charge is 0.513 e. The van der Waals surface area contributed by atoms with Crippen molar-refractivity contribution < 1.29 is 56.2 Å². The van der Waals surface area contributed by atoms with E-state index in [0.29, 0.717) is 0 Å². The van der Waals surface area contributed by atoms with Crippen LogP contribution in [-0.2, 0) is 28.5 Å². The van der Waals surface area contributed by atoms with Crippen LogP contribution in [-0.4, -0.2) is 37.0 Å². The fourth-order valence-corrected chi connectivity index (χ4v) is 5.60. The van der Waals surface area contributed by atoms with Crippen LogP contribution in [0, 0.1) is 0 Å². The number of ether oxygens (including phenoxy) is 4. The molecule has 0 spiro atoms. The quantitative estimate of drug-likeness (QED) is 0.130. The molecule has 1 aromatic heterocycles. The van der Waals surface area contributed by atoms with Crippen LogP contribution in [0.25, 0.3) is 22.3 Å². The molecule has 0 aliphatic heterocycles. The maximum Gasteiger partial charge on any atom is 0.513 e. The highest BCUT2D eigenvalue weighted by molar-refractivity contribution is 7.52. The van der Waals surface area contributed by atoms with Gasteiger partial charge in [-0.1, -0.05) is 18.2 Å². The summed E-state index contributed by atoms with van der Waals surface area (Å²) in [7, 11) is -3.29. The van der Waals surface area contributed by atoms with Crippen LogP contribution >= 0.6 is 7.75 Å². The Bertz CT molecular complexity index is 1920. The molecule has 1 N–H and O–H groups in total. The molecule has 0 amide bonds. The Morgan fingerprint density at radius 1 is 0.761 bits per heavy atom. The van der Waals surface area contributed by atoms with E-state index in [0.717, 1.165) is 33.1 Å². The lowest BCUT2D eigenvalue weighted by molar-refractivity contribution is -0.142. The standard InChI is InChI=1S/C31H28NO13P/c1-17(31(37)39-5)32-46(38,44-22-9-7-6-8-10-22)45-23-14-28(42-20(4)35)30-24(36)16-26(43-29(30)15-23)21-11-12-25(40-18(2)33)27(13-21)41-19(3)34/h6-17H,1-5H3,(H,32,38)/t17-,46?/m0/s1.